The van der Waals surface area contributed by atoms with E-state index in [1.165, 1.54) is 19.3 Å². The number of aromatic nitrogens is 1. The monoisotopic (exact) mass is 348 g/mol. The van der Waals surface area contributed by atoms with E-state index in [-0.39, 0.29) is 5.56 Å². The fraction of sp³-hybridized carbons (Fsp3) is 0.333. The molecule has 0 bridgehead atoms. The molecule has 0 aromatic carbocycles. The van der Waals surface area contributed by atoms with Crippen molar-refractivity contribution in [3.05, 3.63) is 63.7 Å². The summed E-state index contributed by atoms with van der Waals surface area (Å²) in [4.78, 5) is 19.9. The number of nitrogens with zero attached hydrogens (tertiary/aromatic N) is 2. The maximum atomic E-state index is 12.5. The van der Waals surface area contributed by atoms with Gasteiger partial charge in [-0.15, -0.1) is 0 Å². The number of hydrogen-bond donors (Lipinski definition) is 2. The number of terminal acetylenes is 1. The molecule has 1 aliphatic heterocycles. The number of fused-ring (bicyclic) bond motifs is 1. The fourth-order valence-corrected chi connectivity index (χ4v) is 3.03. The topological polar surface area (TPSA) is 60.5 Å². The van der Waals surface area contributed by atoms with Crippen LogP contribution in [-0.4, -0.2) is 11.2 Å². The molecule has 1 aromatic heterocycles. The number of rotatable bonds is 6. The minimum Gasteiger partial charge on any atom is -0.306 e. The number of hydrazine groups is 1. The number of H-pyrrole nitrogens is 1. The van der Waals surface area contributed by atoms with E-state index in [0.29, 0.717) is 17.8 Å². The first-order valence-electron chi connectivity index (χ1n) is 9.02. The van der Waals surface area contributed by atoms with Gasteiger partial charge in [-0.25, -0.2) is 15.4 Å². The molecule has 2 heterocycles. The van der Waals surface area contributed by atoms with E-state index in [1.54, 1.807) is 11.2 Å². The number of allylic oxidation sites excluding steroid dienone is 5. The Hall–Kier alpha value is -3.00. The van der Waals surface area contributed by atoms with Crippen LogP contribution in [-0.2, 0) is 6.42 Å². The summed E-state index contributed by atoms with van der Waals surface area (Å²) < 4.78 is 0. The molecule has 0 saturated heterocycles. The van der Waals surface area contributed by atoms with Gasteiger partial charge in [0, 0.05) is 23.4 Å². The minimum atomic E-state index is -0.119. The zero-order chi connectivity index (χ0) is 18.4. The van der Waals surface area contributed by atoms with E-state index in [1.807, 2.05) is 37.3 Å². The maximum Gasteiger partial charge on any atom is 0.253 e. The third-order valence-corrected chi connectivity index (χ3v) is 4.73. The van der Waals surface area contributed by atoms with Gasteiger partial charge in [0.2, 0.25) is 0 Å². The summed E-state index contributed by atoms with van der Waals surface area (Å²) >= 11 is 0. The quantitative estimate of drug-likeness (QED) is 0.470. The van der Waals surface area contributed by atoms with Crippen molar-refractivity contribution in [3.63, 3.8) is 0 Å². The minimum absolute atomic E-state index is 0.119. The van der Waals surface area contributed by atoms with Crippen molar-refractivity contribution in [2.24, 2.45) is 10.9 Å². The number of nitrogens with one attached hydrogen (secondary N) is 2. The number of anilines is 1. The molecule has 1 saturated carbocycles. The highest BCUT2D eigenvalue weighted by Gasteiger charge is 2.22. The molecule has 2 aliphatic rings. The van der Waals surface area contributed by atoms with Gasteiger partial charge >= 0.3 is 0 Å². The van der Waals surface area contributed by atoms with Gasteiger partial charge in [0.1, 0.15) is 11.6 Å². The smallest absolute Gasteiger partial charge is 0.253 e. The number of hydrogen-bond acceptors (Lipinski definition) is 4. The third kappa shape index (κ3) is 3.97. The molecule has 0 amide bonds. The second-order valence-electron chi connectivity index (χ2n) is 6.53. The Balaban J connectivity index is 1.87. The van der Waals surface area contributed by atoms with Crippen LogP contribution in [0, 0.1) is 18.4 Å². The van der Waals surface area contributed by atoms with Crippen LogP contribution in [0.1, 0.15) is 43.7 Å². The number of aliphatic imine (C=N–C) groups is 1. The first-order chi connectivity index (χ1) is 12.7. The van der Waals surface area contributed by atoms with Gasteiger partial charge < -0.3 is 4.98 Å². The zero-order valence-electron chi connectivity index (χ0n) is 15.0. The van der Waals surface area contributed by atoms with Crippen molar-refractivity contribution in [3.8, 4) is 12.5 Å². The lowest BCUT2D eigenvalue weighted by Crippen LogP contribution is -2.38. The summed E-state index contributed by atoms with van der Waals surface area (Å²) in [6.07, 6.45) is 22.5. The molecule has 1 aromatic rings. The molecule has 1 fully saturated rings. The standard InChI is InChI=1S/C21H24N4O/c1-3-5-6-7-11-17-14-18-15-22-19(13-12-16-9-8-10-16)25(23-4-2)20(18)24-21(17)26/h2-3,5-7,13-16,23H,8-12H2,1H3,(H,24,26)/b5-3-,7-6-,19-13-. The summed E-state index contributed by atoms with van der Waals surface area (Å²) in [6, 6.07) is 4.29. The number of pyridine rings is 1. The van der Waals surface area contributed by atoms with Crippen LogP contribution in [0.15, 0.2) is 52.1 Å². The number of aromatic amines is 1. The van der Waals surface area contributed by atoms with Crippen LogP contribution in [0.3, 0.4) is 0 Å². The van der Waals surface area contributed by atoms with Crippen molar-refractivity contribution in [1.29, 1.82) is 0 Å². The van der Waals surface area contributed by atoms with Crippen LogP contribution in [0.2, 0.25) is 0 Å². The molecular formula is C21H24N4O. The van der Waals surface area contributed by atoms with Gasteiger partial charge in [0.15, 0.2) is 0 Å². The average Bonchev–Trinajstić information content (AvgIpc) is 2.60. The van der Waals surface area contributed by atoms with E-state index in [9.17, 15) is 4.79 Å². The van der Waals surface area contributed by atoms with Crippen LogP contribution in [0.4, 0.5) is 5.82 Å². The summed E-state index contributed by atoms with van der Waals surface area (Å²) in [5.74, 6) is 2.08. The summed E-state index contributed by atoms with van der Waals surface area (Å²) in [6.45, 7) is 1.95. The molecule has 0 spiro atoms. The van der Waals surface area contributed by atoms with Crippen molar-refractivity contribution < 1.29 is 0 Å². The molecule has 0 atom stereocenters. The van der Waals surface area contributed by atoms with Gasteiger partial charge in [0.25, 0.3) is 5.56 Å². The van der Waals surface area contributed by atoms with E-state index in [4.69, 9.17) is 6.42 Å². The average molecular weight is 348 g/mol. The van der Waals surface area contributed by atoms with E-state index in [0.717, 1.165) is 23.7 Å². The molecule has 1 aliphatic carbocycles. The second-order valence-corrected chi connectivity index (χ2v) is 6.53. The van der Waals surface area contributed by atoms with Gasteiger partial charge in [-0.2, -0.15) is 0 Å². The Morgan fingerprint density at radius 2 is 2.31 bits per heavy atom. The van der Waals surface area contributed by atoms with Gasteiger partial charge in [0.05, 0.1) is 0 Å². The van der Waals surface area contributed by atoms with Crippen LogP contribution in [0.5, 0.6) is 0 Å². The SMILES string of the molecule is C#CNN1/C(=C\CC2CCC2)N=Cc2cc(C/C=C\C=C/C)c(=O)[nH]c21. The molecule has 3 rings (SSSR count). The summed E-state index contributed by atoms with van der Waals surface area (Å²) in [5, 5.41) is 1.68. The molecular weight excluding hydrogens is 324 g/mol. The molecule has 134 valence electrons. The van der Waals surface area contributed by atoms with E-state index >= 15 is 0 Å². The van der Waals surface area contributed by atoms with Crippen molar-refractivity contribution in [2.45, 2.75) is 39.0 Å². The fourth-order valence-electron chi connectivity index (χ4n) is 3.03. The maximum absolute atomic E-state index is 12.5. The van der Waals surface area contributed by atoms with Gasteiger partial charge in [-0.05, 0) is 37.8 Å². The Labute approximate surface area is 154 Å². The first kappa shape index (κ1) is 17.8. The Morgan fingerprint density at radius 1 is 1.46 bits per heavy atom. The predicted molar refractivity (Wildman–Crippen MR) is 107 cm³/mol. The molecule has 2 N–H and O–H groups in total. The third-order valence-electron chi connectivity index (χ3n) is 4.73. The van der Waals surface area contributed by atoms with Gasteiger partial charge in [-0.3, -0.25) is 4.79 Å². The summed E-state index contributed by atoms with van der Waals surface area (Å²) in [7, 11) is 0. The largest absolute Gasteiger partial charge is 0.306 e. The van der Waals surface area contributed by atoms with Crippen LogP contribution in [0.25, 0.3) is 0 Å². The van der Waals surface area contributed by atoms with Crippen LogP contribution >= 0.6 is 0 Å². The molecule has 5 heteroatoms. The van der Waals surface area contributed by atoms with Gasteiger partial charge in [-0.1, -0.05) is 50.0 Å². The second kappa shape index (κ2) is 8.39. The summed E-state index contributed by atoms with van der Waals surface area (Å²) in [5.41, 5.74) is 4.25. The highest BCUT2D eigenvalue weighted by molar-refractivity contribution is 5.90. The lowest BCUT2D eigenvalue weighted by atomic mass is 9.83. The molecule has 5 nitrogen and oxygen atoms in total. The first-order valence-corrected chi connectivity index (χ1v) is 9.02. The van der Waals surface area contributed by atoms with Crippen molar-refractivity contribution in [1.82, 2.24) is 10.4 Å². The Kier molecular flexibility index (Phi) is 5.75. The molecule has 26 heavy (non-hydrogen) atoms. The predicted octanol–water partition coefficient (Wildman–Crippen LogP) is 3.42. The highest BCUT2D eigenvalue weighted by Crippen LogP contribution is 2.31. The van der Waals surface area contributed by atoms with Crippen LogP contribution < -0.4 is 16.0 Å². The normalized spacial score (nSPS) is 18.3. The van der Waals surface area contributed by atoms with Crippen molar-refractivity contribution in [2.75, 3.05) is 5.01 Å². The highest BCUT2D eigenvalue weighted by atomic mass is 16.1. The van der Waals surface area contributed by atoms with E-state index < -0.39 is 0 Å². The molecule has 0 radical (unpaired) electrons. The molecule has 0 unspecified atom stereocenters. The Bertz CT molecular complexity index is 863. The zero-order valence-corrected chi connectivity index (χ0v) is 15.0. The Morgan fingerprint density at radius 3 is 3.00 bits per heavy atom. The van der Waals surface area contributed by atoms with E-state index in [2.05, 4.69) is 27.5 Å². The lowest BCUT2D eigenvalue weighted by Gasteiger charge is -2.29. The lowest BCUT2D eigenvalue weighted by molar-refractivity contribution is 0.319. The van der Waals surface area contributed by atoms with Crippen molar-refractivity contribution >= 4 is 12.0 Å².